The van der Waals surface area contributed by atoms with E-state index in [9.17, 15) is 4.79 Å². The van der Waals surface area contributed by atoms with Gasteiger partial charge in [0, 0.05) is 17.9 Å². The van der Waals surface area contributed by atoms with Gasteiger partial charge in [-0.3, -0.25) is 0 Å². The lowest BCUT2D eigenvalue weighted by Crippen LogP contribution is -2.47. The Morgan fingerprint density at radius 3 is 2.09 bits per heavy atom. The van der Waals surface area contributed by atoms with E-state index in [1.165, 1.54) is 44.6 Å². The van der Waals surface area contributed by atoms with Gasteiger partial charge in [0.25, 0.3) is 0 Å². The topological polar surface area (TPSA) is 39.4 Å². The first-order valence-corrected chi connectivity index (χ1v) is 9.16. The Bertz CT molecular complexity index is 487. The van der Waals surface area contributed by atoms with E-state index in [0.29, 0.717) is 11.8 Å². The SMILES string of the molecule is C=CC(=O)OC(c1ccco1)(C1CCCCC1)C1CCCCC1. The van der Waals surface area contributed by atoms with Gasteiger partial charge in [-0.2, -0.15) is 0 Å². The summed E-state index contributed by atoms with van der Waals surface area (Å²) in [5, 5.41) is 0. The lowest BCUT2D eigenvalue weighted by atomic mass is 9.65. The molecule has 2 aliphatic rings. The van der Waals surface area contributed by atoms with Crippen LogP contribution in [0.15, 0.2) is 35.5 Å². The molecule has 1 aromatic heterocycles. The van der Waals surface area contributed by atoms with Crippen molar-refractivity contribution in [3.63, 3.8) is 0 Å². The van der Waals surface area contributed by atoms with Crippen LogP contribution in [0.3, 0.4) is 0 Å². The van der Waals surface area contributed by atoms with Crippen molar-refractivity contribution in [1.29, 1.82) is 0 Å². The van der Waals surface area contributed by atoms with Crippen molar-refractivity contribution >= 4 is 5.97 Å². The first-order valence-electron chi connectivity index (χ1n) is 9.16. The monoisotopic (exact) mass is 316 g/mol. The molecule has 0 aromatic carbocycles. The summed E-state index contributed by atoms with van der Waals surface area (Å²) in [6.07, 6.45) is 14.9. The Morgan fingerprint density at radius 2 is 1.65 bits per heavy atom. The second kappa shape index (κ2) is 7.37. The van der Waals surface area contributed by atoms with Crippen LogP contribution in [0.4, 0.5) is 0 Å². The molecule has 0 bridgehead atoms. The molecule has 0 aliphatic heterocycles. The Hall–Kier alpha value is -1.51. The van der Waals surface area contributed by atoms with E-state index in [4.69, 9.17) is 9.15 Å². The van der Waals surface area contributed by atoms with Crippen LogP contribution in [0, 0.1) is 11.8 Å². The molecule has 3 rings (SSSR count). The van der Waals surface area contributed by atoms with E-state index in [-0.39, 0.29) is 5.97 Å². The van der Waals surface area contributed by atoms with Crippen molar-refractivity contribution in [1.82, 2.24) is 0 Å². The maximum atomic E-state index is 12.2. The number of esters is 1. The summed E-state index contributed by atoms with van der Waals surface area (Å²) in [7, 11) is 0. The molecule has 2 aliphatic carbocycles. The van der Waals surface area contributed by atoms with E-state index < -0.39 is 5.60 Å². The summed E-state index contributed by atoms with van der Waals surface area (Å²) in [6, 6.07) is 3.91. The highest BCUT2D eigenvalue weighted by Crippen LogP contribution is 2.51. The van der Waals surface area contributed by atoms with Crippen LogP contribution in [0.5, 0.6) is 0 Å². The number of furan rings is 1. The summed E-state index contributed by atoms with van der Waals surface area (Å²) < 4.78 is 12.0. The molecule has 1 aromatic rings. The van der Waals surface area contributed by atoms with Crippen LogP contribution in [0.2, 0.25) is 0 Å². The van der Waals surface area contributed by atoms with Gasteiger partial charge in [0.15, 0.2) is 5.60 Å². The average molecular weight is 316 g/mol. The molecule has 0 N–H and O–H groups in total. The third-order valence-electron chi connectivity index (χ3n) is 5.77. The normalized spacial score (nSPS) is 21.0. The first-order chi connectivity index (χ1) is 11.3. The lowest BCUT2D eigenvalue weighted by molar-refractivity contribution is -0.183. The van der Waals surface area contributed by atoms with Gasteiger partial charge in [-0.1, -0.05) is 45.1 Å². The molecule has 2 fully saturated rings. The maximum Gasteiger partial charge on any atom is 0.331 e. The van der Waals surface area contributed by atoms with E-state index >= 15 is 0 Å². The Labute approximate surface area is 139 Å². The number of rotatable bonds is 5. The highest BCUT2D eigenvalue weighted by atomic mass is 16.6. The molecule has 1 heterocycles. The van der Waals surface area contributed by atoms with Crippen LogP contribution in [0.1, 0.15) is 70.0 Å². The van der Waals surface area contributed by atoms with E-state index in [1.807, 2.05) is 12.1 Å². The zero-order chi connectivity index (χ0) is 16.1. The Kier molecular flexibility index (Phi) is 5.24. The first kappa shape index (κ1) is 16.4. The smallest absolute Gasteiger partial charge is 0.331 e. The summed E-state index contributed by atoms with van der Waals surface area (Å²) in [4.78, 5) is 12.2. The van der Waals surface area contributed by atoms with E-state index in [2.05, 4.69) is 6.58 Å². The predicted molar refractivity (Wildman–Crippen MR) is 89.8 cm³/mol. The van der Waals surface area contributed by atoms with Gasteiger partial charge >= 0.3 is 5.97 Å². The molecule has 0 radical (unpaired) electrons. The van der Waals surface area contributed by atoms with Crippen LogP contribution >= 0.6 is 0 Å². The molecule has 0 atom stereocenters. The summed E-state index contributed by atoms with van der Waals surface area (Å²) in [6.45, 7) is 3.61. The highest BCUT2D eigenvalue weighted by Gasteiger charge is 2.52. The van der Waals surface area contributed by atoms with Crippen LogP contribution in [-0.2, 0) is 15.1 Å². The minimum absolute atomic E-state index is 0.322. The van der Waals surface area contributed by atoms with Gasteiger partial charge in [-0.15, -0.1) is 0 Å². The third kappa shape index (κ3) is 3.24. The summed E-state index contributed by atoms with van der Waals surface area (Å²) >= 11 is 0. The number of carbonyl (C=O) groups excluding carboxylic acids is 1. The highest BCUT2D eigenvalue weighted by molar-refractivity contribution is 5.81. The molecule has 0 saturated heterocycles. The fourth-order valence-corrected chi connectivity index (χ4v) is 4.72. The molecule has 0 unspecified atom stereocenters. The summed E-state index contributed by atoms with van der Waals surface area (Å²) in [5.41, 5.74) is -0.602. The van der Waals surface area contributed by atoms with Gasteiger partial charge in [-0.05, 0) is 37.8 Å². The summed E-state index contributed by atoms with van der Waals surface area (Å²) in [5.74, 6) is 1.23. The molecule has 2 saturated carbocycles. The molecule has 3 nitrogen and oxygen atoms in total. The molecule has 126 valence electrons. The number of carbonyl (C=O) groups is 1. The molecule has 0 spiro atoms. The number of ether oxygens (including phenoxy) is 1. The molecule has 23 heavy (non-hydrogen) atoms. The van der Waals surface area contributed by atoms with Crippen LogP contribution in [-0.4, -0.2) is 5.97 Å². The minimum atomic E-state index is -0.602. The van der Waals surface area contributed by atoms with E-state index in [1.54, 1.807) is 6.26 Å². The van der Waals surface area contributed by atoms with Crippen molar-refractivity contribution < 1.29 is 13.9 Å². The van der Waals surface area contributed by atoms with Crippen LogP contribution < -0.4 is 0 Å². The number of hydrogen-bond acceptors (Lipinski definition) is 3. The quantitative estimate of drug-likeness (QED) is 0.542. The zero-order valence-corrected chi connectivity index (χ0v) is 14.0. The Morgan fingerprint density at radius 1 is 1.09 bits per heavy atom. The van der Waals surface area contributed by atoms with Crippen LogP contribution in [0.25, 0.3) is 0 Å². The average Bonchev–Trinajstić information content (AvgIpc) is 3.16. The van der Waals surface area contributed by atoms with Gasteiger partial charge < -0.3 is 9.15 Å². The van der Waals surface area contributed by atoms with Crippen molar-refractivity contribution in [3.8, 4) is 0 Å². The predicted octanol–water partition coefficient (Wildman–Crippen LogP) is 5.36. The molecular weight excluding hydrogens is 288 g/mol. The van der Waals surface area contributed by atoms with E-state index in [0.717, 1.165) is 31.4 Å². The minimum Gasteiger partial charge on any atom is -0.465 e. The van der Waals surface area contributed by atoms with Crippen molar-refractivity contribution in [3.05, 3.63) is 36.8 Å². The van der Waals surface area contributed by atoms with Gasteiger partial charge in [0.2, 0.25) is 0 Å². The number of hydrogen-bond donors (Lipinski definition) is 0. The third-order valence-corrected chi connectivity index (χ3v) is 5.77. The lowest BCUT2D eigenvalue weighted by Gasteiger charge is -2.46. The van der Waals surface area contributed by atoms with Crippen molar-refractivity contribution in [2.24, 2.45) is 11.8 Å². The van der Waals surface area contributed by atoms with Gasteiger partial charge in [0.05, 0.1) is 6.26 Å². The van der Waals surface area contributed by atoms with Crippen molar-refractivity contribution in [2.75, 3.05) is 0 Å². The second-order valence-corrected chi connectivity index (χ2v) is 7.07. The second-order valence-electron chi connectivity index (χ2n) is 7.07. The molecular formula is C20H28O3. The largest absolute Gasteiger partial charge is 0.465 e. The van der Waals surface area contributed by atoms with Gasteiger partial charge in [0.1, 0.15) is 5.76 Å². The Balaban J connectivity index is 2.02. The zero-order valence-electron chi connectivity index (χ0n) is 14.0. The molecule has 0 amide bonds. The molecule has 3 heteroatoms. The maximum absolute atomic E-state index is 12.2. The standard InChI is InChI=1S/C20H28O3/c1-2-19(21)23-20(18-14-9-15-22-18,16-10-5-3-6-11-16)17-12-7-4-8-13-17/h2,9,14-17H,1,3-8,10-13H2. The fourth-order valence-electron chi connectivity index (χ4n) is 4.72. The van der Waals surface area contributed by atoms with Gasteiger partial charge in [-0.25, -0.2) is 4.79 Å². The fraction of sp³-hybridized carbons (Fsp3) is 0.650. The van der Waals surface area contributed by atoms with Crippen molar-refractivity contribution in [2.45, 2.75) is 69.8 Å².